The number of rotatable bonds is 5. The average molecular weight is 368 g/mol. The molecule has 0 radical (unpaired) electrons. The lowest BCUT2D eigenvalue weighted by Gasteiger charge is -2.12. The number of nitrogens with two attached hydrogens (primary N) is 3. The minimum Gasteiger partial charge on any atom is -0.383 e. The van der Waals surface area contributed by atoms with Crippen LogP contribution in [0.2, 0.25) is 0 Å². The molecule has 0 saturated carbocycles. The normalized spacial score (nSPS) is 12.6. The minimum absolute atomic E-state index is 0.0356. The fourth-order valence-corrected chi connectivity index (χ4v) is 3.01. The maximum atomic E-state index is 12.2. The van der Waals surface area contributed by atoms with E-state index in [1.54, 1.807) is 6.92 Å². The molecular weight excluding hydrogens is 352 g/mol. The molecule has 9 nitrogen and oxygen atoms in total. The molecule has 24 heavy (non-hydrogen) atoms. The van der Waals surface area contributed by atoms with Crippen LogP contribution in [0.5, 0.6) is 0 Å². The first-order valence-electron chi connectivity index (χ1n) is 6.65. The summed E-state index contributed by atoms with van der Waals surface area (Å²) in [6.07, 6.45) is 0. The van der Waals surface area contributed by atoms with Crippen molar-refractivity contribution in [3.8, 4) is 0 Å². The van der Waals surface area contributed by atoms with E-state index >= 15 is 0 Å². The van der Waals surface area contributed by atoms with Gasteiger partial charge in [-0.15, -0.1) is 0 Å². The molecule has 0 saturated heterocycles. The van der Waals surface area contributed by atoms with Gasteiger partial charge in [0.2, 0.25) is 15.9 Å². The zero-order valence-corrected chi connectivity index (χ0v) is 14.3. The second-order valence-corrected chi connectivity index (χ2v) is 7.69. The zero-order chi connectivity index (χ0) is 17.9. The quantitative estimate of drug-likeness (QED) is 0.434. The number of sulfonamides is 1. The van der Waals surface area contributed by atoms with Crippen LogP contribution in [0.3, 0.4) is 0 Å². The minimum atomic E-state index is -3.77. The molecule has 128 valence electrons. The highest BCUT2D eigenvalue weighted by Gasteiger charge is 2.17. The molecule has 0 aliphatic carbocycles. The van der Waals surface area contributed by atoms with Crippen LogP contribution in [0.1, 0.15) is 6.92 Å². The summed E-state index contributed by atoms with van der Waals surface area (Å²) in [6, 6.07) is 6.94. The molecule has 0 aliphatic heterocycles. The first-order chi connectivity index (χ1) is 11.1. The van der Waals surface area contributed by atoms with Gasteiger partial charge < -0.3 is 16.8 Å². The van der Waals surface area contributed by atoms with Crippen LogP contribution in [-0.2, 0) is 14.8 Å². The molecule has 11 heteroatoms. The van der Waals surface area contributed by atoms with Crippen LogP contribution in [0.25, 0.3) is 0 Å². The van der Waals surface area contributed by atoms with E-state index in [0.29, 0.717) is 10.8 Å². The number of carbonyl (C=O) groups excluding carboxylic acids is 1. The topological polar surface area (TPSA) is 167 Å². The van der Waals surface area contributed by atoms with Crippen LogP contribution >= 0.6 is 11.8 Å². The number of primary sulfonamides is 1. The van der Waals surface area contributed by atoms with Gasteiger partial charge >= 0.3 is 0 Å². The summed E-state index contributed by atoms with van der Waals surface area (Å²) in [7, 11) is -3.77. The van der Waals surface area contributed by atoms with Gasteiger partial charge in [0.1, 0.15) is 11.6 Å². The van der Waals surface area contributed by atoms with Crippen LogP contribution in [0.4, 0.5) is 17.3 Å². The predicted octanol–water partition coefficient (Wildman–Crippen LogP) is 0.408. The highest BCUT2D eigenvalue weighted by molar-refractivity contribution is 8.00. The Hall–Kier alpha value is -2.37. The summed E-state index contributed by atoms with van der Waals surface area (Å²) >= 11 is 1.10. The average Bonchev–Trinajstić information content (AvgIpc) is 2.45. The van der Waals surface area contributed by atoms with E-state index in [2.05, 4.69) is 15.3 Å². The van der Waals surface area contributed by atoms with Gasteiger partial charge in [-0.25, -0.2) is 23.5 Å². The number of aromatic nitrogens is 2. The van der Waals surface area contributed by atoms with Gasteiger partial charge in [-0.05, 0) is 31.2 Å². The second kappa shape index (κ2) is 7.03. The summed E-state index contributed by atoms with van der Waals surface area (Å²) in [5.41, 5.74) is 11.6. The van der Waals surface area contributed by atoms with Gasteiger partial charge in [0.25, 0.3) is 0 Å². The maximum absolute atomic E-state index is 12.2. The summed E-state index contributed by atoms with van der Waals surface area (Å²) in [4.78, 5) is 20.1. The predicted molar refractivity (Wildman–Crippen MR) is 92.6 cm³/mol. The summed E-state index contributed by atoms with van der Waals surface area (Å²) in [5.74, 6) is 0.125. The van der Waals surface area contributed by atoms with E-state index in [-0.39, 0.29) is 22.4 Å². The molecule has 0 unspecified atom stereocenters. The Balaban J connectivity index is 2.03. The lowest BCUT2D eigenvalue weighted by atomic mass is 10.3. The number of anilines is 3. The van der Waals surface area contributed by atoms with Crippen molar-refractivity contribution < 1.29 is 13.2 Å². The monoisotopic (exact) mass is 368 g/mol. The first-order valence-corrected chi connectivity index (χ1v) is 9.08. The molecule has 7 N–H and O–H groups in total. The molecule has 0 fully saturated rings. The third-order valence-electron chi connectivity index (χ3n) is 2.85. The molecule has 2 rings (SSSR count). The molecule has 0 spiro atoms. The van der Waals surface area contributed by atoms with Gasteiger partial charge in [0.05, 0.1) is 10.1 Å². The van der Waals surface area contributed by atoms with Crippen molar-refractivity contribution in [2.75, 3.05) is 16.8 Å². The van der Waals surface area contributed by atoms with Crippen LogP contribution in [0, 0.1) is 0 Å². The van der Waals surface area contributed by atoms with Crippen molar-refractivity contribution in [3.63, 3.8) is 0 Å². The molecule has 0 aliphatic rings. The number of hydrogen-bond acceptors (Lipinski definition) is 8. The molecule has 1 heterocycles. The molecule has 2 aromatic rings. The van der Waals surface area contributed by atoms with Crippen molar-refractivity contribution in [1.82, 2.24) is 9.97 Å². The van der Waals surface area contributed by atoms with E-state index in [1.165, 1.54) is 30.3 Å². The van der Waals surface area contributed by atoms with E-state index < -0.39 is 15.3 Å². The number of hydrogen-bond donors (Lipinski definition) is 4. The Kier molecular flexibility index (Phi) is 5.26. The van der Waals surface area contributed by atoms with Gasteiger partial charge in [0.15, 0.2) is 5.16 Å². The molecule has 0 bridgehead atoms. The molecule has 1 aromatic carbocycles. The fourth-order valence-electron chi connectivity index (χ4n) is 1.70. The van der Waals surface area contributed by atoms with E-state index in [9.17, 15) is 13.2 Å². The molecule has 1 atom stereocenters. The van der Waals surface area contributed by atoms with Gasteiger partial charge in [0, 0.05) is 11.8 Å². The van der Waals surface area contributed by atoms with Crippen molar-refractivity contribution in [1.29, 1.82) is 0 Å². The standard InChI is InChI=1S/C13H16N6O3S2/c1-7(23-13-18-10(14)6-11(15)19-13)12(20)17-8-2-4-9(5-3-8)24(16,21)22/h2-7H,1H3,(H,17,20)(H2,16,21,22)(H4,14,15,18,19)/t7-/m1/s1. The van der Waals surface area contributed by atoms with E-state index in [4.69, 9.17) is 16.6 Å². The van der Waals surface area contributed by atoms with Crippen molar-refractivity contribution >= 4 is 45.0 Å². The Labute approximate surface area is 143 Å². The lowest BCUT2D eigenvalue weighted by molar-refractivity contribution is -0.115. The Morgan fingerprint density at radius 1 is 1.17 bits per heavy atom. The summed E-state index contributed by atoms with van der Waals surface area (Å²) in [5, 5.41) is 7.44. The Bertz CT molecular complexity index is 834. The SMILES string of the molecule is C[C@@H](Sc1nc(N)cc(N)n1)C(=O)Nc1ccc(S(N)(=O)=O)cc1. The van der Waals surface area contributed by atoms with Crippen molar-refractivity contribution in [3.05, 3.63) is 30.3 Å². The summed E-state index contributed by atoms with van der Waals surface area (Å²) in [6.45, 7) is 1.67. The number of amides is 1. The van der Waals surface area contributed by atoms with Crippen LogP contribution < -0.4 is 21.9 Å². The third-order valence-corrected chi connectivity index (χ3v) is 4.74. The lowest BCUT2D eigenvalue weighted by Crippen LogP contribution is -2.23. The maximum Gasteiger partial charge on any atom is 0.238 e. The number of nitrogens with zero attached hydrogens (tertiary/aromatic N) is 2. The molecular formula is C13H16N6O3S2. The van der Waals surface area contributed by atoms with E-state index in [0.717, 1.165) is 11.8 Å². The number of thioether (sulfide) groups is 1. The smallest absolute Gasteiger partial charge is 0.238 e. The Morgan fingerprint density at radius 3 is 2.21 bits per heavy atom. The highest BCUT2D eigenvalue weighted by atomic mass is 32.2. The second-order valence-electron chi connectivity index (χ2n) is 4.82. The van der Waals surface area contributed by atoms with Gasteiger partial charge in [-0.2, -0.15) is 0 Å². The number of nitrogen functional groups attached to an aromatic ring is 2. The fraction of sp³-hybridized carbons (Fsp3) is 0.154. The Morgan fingerprint density at radius 2 is 1.71 bits per heavy atom. The summed E-state index contributed by atoms with van der Waals surface area (Å²) < 4.78 is 22.4. The first kappa shape index (κ1) is 18.0. The number of benzene rings is 1. The van der Waals surface area contributed by atoms with E-state index in [1.807, 2.05) is 0 Å². The number of carbonyl (C=O) groups is 1. The largest absolute Gasteiger partial charge is 0.383 e. The van der Waals surface area contributed by atoms with Gasteiger partial charge in [-0.3, -0.25) is 4.79 Å². The highest BCUT2D eigenvalue weighted by Crippen LogP contribution is 2.23. The van der Waals surface area contributed by atoms with Gasteiger partial charge in [-0.1, -0.05) is 11.8 Å². The third kappa shape index (κ3) is 4.81. The van der Waals surface area contributed by atoms with Crippen LogP contribution in [-0.4, -0.2) is 29.5 Å². The van der Waals surface area contributed by atoms with Crippen molar-refractivity contribution in [2.24, 2.45) is 5.14 Å². The molecule has 1 amide bonds. The zero-order valence-electron chi connectivity index (χ0n) is 12.6. The number of nitrogens with one attached hydrogen (secondary N) is 1. The van der Waals surface area contributed by atoms with Crippen LogP contribution in [0.15, 0.2) is 40.4 Å². The molecule has 1 aromatic heterocycles. The van der Waals surface area contributed by atoms with Crippen molar-refractivity contribution in [2.45, 2.75) is 22.2 Å².